The molecule has 4 heteroatoms. The number of nitriles is 1. The molecule has 1 aliphatic carbocycles. The number of benzene rings is 1. The predicted molar refractivity (Wildman–Crippen MR) is 81.8 cm³/mol. The summed E-state index contributed by atoms with van der Waals surface area (Å²) < 4.78 is 0. The molecule has 1 fully saturated rings. The second-order valence-corrected chi connectivity index (χ2v) is 6.39. The molecule has 2 rings (SSSR count). The highest BCUT2D eigenvalue weighted by molar-refractivity contribution is 6.36. The molecule has 1 unspecified atom stereocenters. The number of aliphatic hydroxyl groups is 1. The summed E-state index contributed by atoms with van der Waals surface area (Å²) in [6.45, 7) is 0. The van der Waals surface area contributed by atoms with Gasteiger partial charge in [-0.2, -0.15) is 5.26 Å². The lowest BCUT2D eigenvalue weighted by molar-refractivity contribution is 0.0436. The Morgan fingerprint density at radius 1 is 1.05 bits per heavy atom. The zero-order valence-corrected chi connectivity index (χ0v) is 12.9. The van der Waals surface area contributed by atoms with Crippen molar-refractivity contribution < 1.29 is 5.11 Å². The highest BCUT2D eigenvalue weighted by Crippen LogP contribution is 2.47. The van der Waals surface area contributed by atoms with Gasteiger partial charge in [-0.05, 0) is 25.0 Å². The molecule has 1 saturated carbocycles. The first-order valence-electron chi connectivity index (χ1n) is 7.14. The molecule has 0 aliphatic heterocycles. The normalized spacial score (nSPS) is 20.5. The Bertz CT molecular complexity index is 481. The van der Waals surface area contributed by atoms with Crippen molar-refractivity contribution in [2.45, 2.75) is 51.0 Å². The van der Waals surface area contributed by atoms with Crippen LogP contribution >= 0.6 is 23.2 Å². The molecule has 2 nitrogen and oxygen atoms in total. The molecule has 20 heavy (non-hydrogen) atoms. The van der Waals surface area contributed by atoms with E-state index in [1.807, 2.05) is 0 Å². The van der Waals surface area contributed by atoms with Crippen molar-refractivity contribution in [3.63, 3.8) is 0 Å². The molecule has 1 aromatic carbocycles. The first-order valence-corrected chi connectivity index (χ1v) is 7.89. The van der Waals surface area contributed by atoms with E-state index in [0.717, 1.165) is 25.7 Å². The summed E-state index contributed by atoms with van der Waals surface area (Å²) in [5, 5.41) is 21.3. The van der Waals surface area contributed by atoms with Crippen molar-refractivity contribution >= 4 is 23.2 Å². The second kappa shape index (κ2) is 6.80. The first kappa shape index (κ1) is 15.6. The number of hydrogen-bond donors (Lipinski definition) is 1. The van der Waals surface area contributed by atoms with Gasteiger partial charge in [0, 0.05) is 15.6 Å². The minimum Gasteiger partial charge on any atom is -0.387 e. The standard InChI is InChI=1S/C16H19Cl2NO/c17-12-7-6-8-13(18)14(12)15(20)16(11-19)9-4-2-1-3-5-10-16/h6-8,15,20H,1-5,9-10H2. The van der Waals surface area contributed by atoms with Crippen LogP contribution in [-0.2, 0) is 0 Å². The number of hydrogen-bond acceptors (Lipinski definition) is 2. The van der Waals surface area contributed by atoms with Crippen molar-refractivity contribution in [1.29, 1.82) is 5.26 Å². The minimum absolute atomic E-state index is 0.432. The summed E-state index contributed by atoms with van der Waals surface area (Å²) in [6.07, 6.45) is 5.85. The molecule has 0 bridgehead atoms. The third kappa shape index (κ3) is 3.11. The van der Waals surface area contributed by atoms with Gasteiger partial charge in [-0.15, -0.1) is 0 Å². The smallest absolute Gasteiger partial charge is 0.100 e. The van der Waals surface area contributed by atoms with Gasteiger partial charge in [0.15, 0.2) is 0 Å². The fourth-order valence-electron chi connectivity index (χ4n) is 3.03. The monoisotopic (exact) mass is 311 g/mol. The molecule has 1 N–H and O–H groups in total. The van der Waals surface area contributed by atoms with Crippen molar-refractivity contribution in [1.82, 2.24) is 0 Å². The van der Waals surface area contributed by atoms with Crippen LogP contribution in [-0.4, -0.2) is 5.11 Å². The minimum atomic E-state index is -0.924. The number of halogens is 2. The van der Waals surface area contributed by atoms with Gasteiger partial charge in [-0.3, -0.25) is 0 Å². The van der Waals surface area contributed by atoms with Crippen LogP contribution in [0.4, 0.5) is 0 Å². The maximum absolute atomic E-state index is 10.8. The maximum atomic E-state index is 10.8. The predicted octanol–water partition coefficient (Wildman–Crippen LogP) is 5.28. The van der Waals surface area contributed by atoms with Gasteiger partial charge in [0.05, 0.1) is 11.5 Å². The van der Waals surface area contributed by atoms with Gasteiger partial charge in [-0.25, -0.2) is 0 Å². The maximum Gasteiger partial charge on any atom is 0.100 e. The first-order chi connectivity index (χ1) is 9.60. The number of rotatable bonds is 2. The van der Waals surface area contributed by atoms with E-state index < -0.39 is 11.5 Å². The van der Waals surface area contributed by atoms with Crippen LogP contribution in [0.15, 0.2) is 18.2 Å². The van der Waals surface area contributed by atoms with Gasteiger partial charge in [0.2, 0.25) is 0 Å². The van der Waals surface area contributed by atoms with Crippen LogP contribution in [0.1, 0.15) is 56.6 Å². The van der Waals surface area contributed by atoms with Crippen LogP contribution in [0.3, 0.4) is 0 Å². The average Bonchev–Trinajstić information content (AvgIpc) is 2.39. The van der Waals surface area contributed by atoms with Crippen molar-refractivity contribution in [3.05, 3.63) is 33.8 Å². The van der Waals surface area contributed by atoms with E-state index >= 15 is 0 Å². The van der Waals surface area contributed by atoms with Gasteiger partial charge < -0.3 is 5.11 Å². The van der Waals surface area contributed by atoms with Gasteiger partial charge in [-0.1, -0.05) is 61.4 Å². The Morgan fingerprint density at radius 3 is 2.05 bits per heavy atom. The highest BCUT2D eigenvalue weighted by atomic mass is 35.5. The fraction of sp³-hybridized carbons (Fsp3) is 0.562. The summed E-state index contributed by atoms with van der Waals surface area (Å²) in [5.74, 6) is 0. The SMILES string of the molecule is N#CC1(C(O)c2c(Cl)cccc2Cl)CCCCCCC1. The third-order valence-corrected chi connectivity index (χ3v) is 4.92. The highest BCUT2D eigenvalue weighted by Gasteiger charge is 2.40. The zero-order chi connectivity index (χ0) is 14.6. The van der Waals surface area contributed by atoms with Crippen LogP contribution < -0.4 is 0 Å². The summed E-state index contributed by atoms with van der Waals surface area (Å²) in [4.78, 5) is 0. The van der Waals surface area contributed by atoms with E-state index in [4.69, 9.17) is 23.2 Å². The molecular formula is C16H19Cl2NO. The Hall–Kier alpha value is -0.750. The molecule has 1 aromatic rings. The number of nitrogens with zero attached hydrogens (tertiary/aromatic N) is 1. The molecule has 0 radical (unpaired) electrons. The summed E-state index contributed by atoms with van der Waals surface area (Å²) in [5.41, 5.74) is -0.271. The lowest BCUT2D eigenvalue weighted by Crippen LogP contribution is -2.29. The summed E-state index contributed by atoms with van der Waals surface area (Å²) >= 11 is 12.4. The Kier molecular flexibility index (Phi) is 5.32. The van der Waals surface area contributed by atoms with Crippen LogP contribution in [0.2, 0.25) is 10.0 Å². The quantitative estimate of drug-likeness (QED) is 0.807. The largest absolute Gasteiger partial charge is 0.387 e. The lowest BCUT2D eigenvalue weighted by Gasteiger charge is -2.34. The molecule has 0 saturated heterocycles. The van der Waals surface area contributed by atoms with Gasteiger partial charge >= 0.3 is 0 Å². The van der Waals surface area contributed by atoms with Crippen molar-refractivity contribution in [3.8, 4) is 6.07 Å². The van der Waals surface area contributed by atoms with E-state index in [1.54, 1.807) is 18.2 Å². The molecule has 1 aliphatic rings. The van der Waals surface area contributed by atoms with Gasteiger partial charge in [0.1, 0.15) is 6.10 Å². The van der Waals surface area contributed by atoms with Crippen molar-refractivity contribution in [2.24, 2.45) is 5.41 Å². The molecular weight excluding hydrogens is 293 g/mol. The van der Waals surface area contributed by atoms with E-state index in [9.17, 15) is 10.4 Å². The van der Waals surface area contributed by atoms with Gasteiger partial charge in [0.25, 0.3) is 0 Å². The van der Waals surface area contributed by atoms with Crippen molar-refractivity contribution in [2.75, 3.05) is 0 Å². The number of aliphatic hydroxyl groups excluding tert-OH is 1. The molecule has 0 aromatic heterocycles. The second-order valence-electron chi connectivity index (χ2n) is 5.57. The summed E-state index contributed by atoms with van der Waals surface area (Å²) in [7, 11) is 0. The van der Waals surface area contributed by atoms with E-state index in [2.05, 4.69) is 6.07 Å². The zero-order valence-electron chi connectivity index (χ0n) is 11.4. The molecule has 0 spiro atoms. The lowest BCUT2D eigenvalue weighted by atomic mass is 9.71. The molecule has 1 atom stereocenters. The molecule has 0 amide bonds. The molecule has 108 valence electrons. The van der Waals surface area contributed by atoms with Crippen LogP contribution in [0, 0.1) is 16.7 Å². The topological polar surface area (TPSA) is 44.0 Å². The summed E-state index contributed by atoms with van der Waals surface area (Å²) in [6, 6.07) is 7.54. The van der Waals surface area contributed by atoms with E-state index in [-0.39, 0.29) is 0 Å². The van der Waals surface area contributed by atoms with Crippen LogP contribution in [0.5, 0.6) is 0 Å². The van der Waals surface area contributed by atoms with Crippen LogP contribution in [0.25, 0.3) is 0 Å². The fourth-order valence-corrected chi connectivity index (χ4v) is 3.63. The molecule has 0 heterocycles. The third-order valence-electron chi connectivity index (χ3n) is 4.27. The average molecular weight is 312 g/mol. The Balaban J connectivity index is 2.37. The Labute approximate surface area is 130 Å². The Morgan fingerprint density at radius 2 is 1.55 bits per heavy atom. The van der Waals surface area contributed by atoms with E-state index in [1.165, 1.54) is 6.42 Å². The van der Waals surface area contributed by atoms with E-state index in [0.29, 0.717) is 28.5 Å².